The third kappa shape index (κ3) is 9.58. The van der Waals surface area contributed by atoms with E-state index in [1.54, 1.807) is 0 Å². The summed E-state index contributed by atoms with van der Waals surface area (Å²) in [6.45, 7) is 8.01. The normalized spacial score (nSPS) is 11.7. The molecule has 26 heavy (non-hydrogen) atoms. The average Bonchev–Trinajstić information content (AvgIpc) is 2.58. The first-order chi connectivity index (χ1) is 12.4. The predicted octanol–water partition coefficient (Wildman–Crippen LogP) is 5.26. The largest absolute Gasteiger partial charge is 0.372 e. The molecule has 1 rings (SSSR count). The van der Waals surface area contributed by atoms with Crippen molar-refractivity contribution in [2.45, 2.75) is 78.6 Å². The van der Waals surface area contributed by atoms with Gasteiger partial charge in [-0.15, -0.1) is 0 Å². The van der Waals surface area contributed by atoms with Gasteiger partial charge >= 0.3 is 0 Å². The SMILES string of the molecule is CCCCCc1cc(CCCCC)cc(N(CC)CCCS(=O)(=O)O)c1. The van der Waals surface area contributed by atoms with E-state index in [1.165, 1.54) is 55.3 Å². The van der Waals surface area contributed by atoms with Crippen LogP contribution in [0.5, 0.6) is 0 Å². The Morgan fingerprint density at radius 3 is 1.81 bits per heavy atom. The van der Waals surface area contributed by atoms with Crippen molar-refractivity contribution in [3.63, 3.8) is 0 Å². The van der Waals surface area contributed by atoms with Crippen LogP contribution in [0.4, 0.5) is 5.69 Å². The summed E-state index contributed by atoms with van der Waals surface area (Å²) in [6.07, 6.45) is 10.0. The first-order valence-corrected chi connectivity index (χ1v) is 11.8. The lowest BCUT2D eigenvalue weighted by Crippen LogP contribution is -2.26. The zero-order valence-electron chi connectivity index (χ0n) is 16.8. The Balaban J connectivity index is 2.88. The third-order valence-electron chi connectivity index (χ3n) is 4.75. The van der Waals surface area contributed by atoms with Crippen LogP contribution in [0.1, 0.15) is 76.8 Å². The molecule has 0 atom stereocenters. The van der Waals surface area contributed by atoms with E-state index in [9.17, 15) is 8.42 Å². The predicted molar refractivity (Wildman–Crippen MR) is 112 cm³/mol. The van der Waals surface area contributed by atoms with Crippen molar-refractivity contribution in [2.24, 2.45) is 0 Å². The zero-order chi connectivity index (χ0) is 19.4. The van der Waals surface area contributed by atoms with E-state index >= 15 is 0 Å². The minimum atomic E-state index is -3.88. The molecule has 1 aromatic carbocycles. The van der Waals surface area contributed by atoms with Crippen LogP contribution < -0.4 is 4.90 Å². The summed E-state index contributed by atoms with van der Waals surface area (Å²) >= 11 is 0. The summed E-state index contributed by atoms with van der Waals surface area (Å²) in [7, 11) is -3.88. The van der Waals surface area contributed by atoms with E-state index in [1.807, 2.05) is 0 Å². The first kappa shape index (κ1) is 23.0. The lowest BCUT2D eigenvalue weighted by atomic mass is 9.99. The van der Waals surface area contributed by atoms with Gasteiger partial charge in [0.15, 0.2) is 0 Å². The fraction of sp³-hybridized carbons (Fsp3) is 0.714. The van der Waals surface area contributed by atoms with Crippen LogP contribution in [0.3, 0.4) is 0 Å². The highest BCUT2D eigenvalue weighted by atomic mass is 32.2. The summed E-state index contributed by atoms with van der Waals surface area (Å²) in [5, 5.41) is 0. The average molecular weight is 384 g/mol. The molecule has 150 valence electrons. The highest BCUT2D eigenvalue weighted by molar-refractivity contribution is 7.85. The molecule has 0 bridgehead atoms. The second kappa shape index (κ2) is 12.3. The Morgan fingerprint density at radius 1 is 0.846 bits per heavy atom. The van der Waals surface area contributed by atoms with Gasteiger partial charge in [-0.3, -0.25) is 4.55 Å². The number of rotatable bonds is 14. The molecule has 0 aliphatic carbocycles. The Morgan fingerprint density at radius 2 is 1.38 bits per heavy atom. The molecule has 4 nitrogen and oxygen atoms in total. The Labute approximate surface area is 160 Å². The van der Waals surface area contributed by atoms with Gasteiger partial charge < -0.3 is 4.90 Å². The molecule has 0 amide bonds. The molecule has 0 spiro atoms. The minimum absolute atomic E-state index is 0.178. The molecule has 5 heteroatoms. The second-order valence-electron chi connectivity index (χ2n) is 7.14. The van der Waals surface area contributed by atoms with Gasteiger partial charge in [0.1, 0.15) is 0 Å². The van der Waals surface area contributed by atoms with Crippen LogP contribution in [0.2, 0.25) is 0 Å². The van der Waals surface area contributed by atoms with Crippen molar-refractivity contribution in [1.29, 1.82) is 0 Å². The fourth-order valence-electron chi connectivity index (χ4n) is 3.28. The van der Waals surface area contributed by atoms with Crippen molar-refractivity contribution < 1.29 is 13.0 Å². The van der Waals surface area contributed by atoms with Crippen molar-refractivity contribution >= 4 is 15.8 Å². The molecule has 0 saturated heterocycles. The summed E-state index contributed by atoms with van der Waals surface area (Å²) in [5.41, 5.74) is 3.95. The van der Waals surface area contributed by atoms with Gasteiger partial charge in [0.05, 0.1) is 5.75 Å². The van der Waals surface area contributed by atoms with Gasteiger partial charge in [-0.25, -0.2) is 0 Å². The molecule has 1 N–H and O–H groups in total. The highest BCUT2D eigenvalue weighted by Gasteiger charge is 2.10. The first-order valence-electron chi connectivity index (χ1n) is 10.2. The molecular formula is C21H37NO3S. The summed E-state index contributed by atoms with van der Waals surface area (Å²) < 4.78 is 30.9. The maximum absolute atomic E-state index is 11.0. The molecule has 0 aliphatic heterocycles. The molecule has 1 aromatic rings. The Bertz CT molecular complexity index is 585. The molecule has 0 unspecified atom stereocenters. The minimum Gasteiger partial charge on any atom is -0.372 e. The highest BCUT2D eigenvalue weighted by Crippen LogP contribution is 2.23. The van der Waals surface area contributed by atoms with Gasteiger partial charge in [-0.05, 0) is 62.3 Å². The number of benzene rings is 1. The summed E-state index contributed by atoms with van der Waals surface area (Å²) in [5.74, 6) is -0.178. The van der Waals surface area contributed by atoms with E-state index in [-0.39, 0.29) is 5.75 Å². The number of hydrogen-bond acceptors (Lipinski definition) is 3. The van der Waals surface area contributed by atoms with Crippen LogP contribution in [0, 0.1) is 0 Å². The molecular weight excluding hydrogens is 346 g/mol. The zero-order valence-corrected chi connectivity index (χ0v) is 17.7. The fourth-order valence-corrected chi connectivity index (χ4v) is 3.77. The Hall–Kier alpha value is -1.07. The van der Waals surface area contributed by atoms with E-state index in [2.05, 4.69) is 43.9 Å². The van der Waals surface area contributed by atoms with Crippen molar-refractivity contribution in [3.05, 3.63) is 29.3 Å². The van der Waals surface area contributed by atoms with Crippen molar-refractivity contribution in [3.8, 4) is 0 Å². The van der Waals surface area contributed by atoms with Crippen LogP contribution in [0.15, 0.2) is 18.2 Å². The van der Waals surface area contributed by atoms with E-state index < -0.39 is 10.1 Å². The standard InChI is InChI=1S/C21H37NO3S/c1-4-7-9-12-19-16-20(13-10-8-5-2)18-21(17-19)22(6-3)14-11-15-26(23,24)25/h16-18H,4-15H2,1-3H3,(H,23,24,25). The van der Waals surface area contributed by atoms with Gasteiger partial charge in [-0.2, -0.15) is 8.42 Å². The number of aryl methyl sites for hydroxylation is 2. The maximum Gasteiger partial charge on any atom is 0.264 e. The van der Waals surface area contributed by atoms with Gasteiger partial charge in [0.2, 0.25) is 0 Å². The second-order valence-corrected chi connectivity index (χ2v) is 8.71. The summed E-state index contributed by atoms with van der Waals surface area (Å²) in [6, 6.07) is 6.87. The molecule has 0 aliphatic rings. The number of hydrogen-bond donors (Lipinski definition) is 1. The van der Waals surface area contributed by atoms with Gasteiger partial charge in [0.25, 0.3) is 10.1 Å². The van der Waals surface area contributed by atoms with Gasteiger partial charge in [-0.1, -0.05) is 45.6 Å². The van der Waals surface area contributed by atoms with Crippen LogP contribution in [-0.4, -0.2) is 31.8 Å². The lowest BCUT2D eigenvalue weighted by Gasteiger charge is -2.24. The van der Waals surface area contributed by atoms with Gasteiger partial charge in [0, 0.05) is 18.8 Å². The van der Waals surface area contributed by atoms with Crippen molar-refractivity contribution in [1.82, 2.24) is 0 Å². The van der Waals surface area contributed by atoms with E-state index in [0.29, 0.717) is 13.0 Å². The van der Waals surface area contributed by atoms with E-state index in [4.69, 9.17) is 4.55 Å². The number of anilines is 1. The molecule has 0 saturated carbocycles. The summed E-state index contributed by atoms with van der Waals surface area (Å²) in [4.78, 5) is 2.22. The Kier molecular flexibility index (Phi) is 10.9. The smallest absolute Gasteiger partial charge is 0.264 e. The third-order valence-corrected chi connectivity index (χ3v) is 5.56. The molecule has 0 fully saturated rings. The monoisotopic (exact) mass is 383 g/mol. The molecule has 0 aromatic heterocycles. The lowest BCUT2D eigenvalue weighted by molar-refractivity contribution is 0.481. The van der Waals surface area contributed by atoms with Crippen LogP contribution in [-0.2, 0) is 23.0 Å². The number of unbranched alkanes of at least 4 members (excludes halogenated alkanes) is 4. The molecule has 0 heterocycles. The topological polar surface area (TPSA) is 57.6 Å². The molecule has 0 radical (unpaired) electrons. The van der Waals surface area contributed by atoms with E-state index in [0.717, 1.165) is 19.4 Å². The van der Waals surface area contributed by atoms with Crippen LogP contribution in [0.25, 0.3) is 0 Å². The number of nitrogens with zero attached hydrogens (tertiary/aromatic N) is 1. The quantitative estimate of drug-likeness (QED) is 0.352. The maximum atomic E-state index is 11.0. The van der Waals surface area contributed by atoms with Crippen molar-refractivity contribution in [2.75, 3.05) is 23.7 Å². The van der Waals surface area contributed by atoms with Crippen LogP contribution >= 0.6 is 0 Å².